The Morgan fingerprint density at radius 2 is 2.31 bits per heavy atom. The Balaban J connectivity index is 2.14. The van der Waals surface area contributed by atoms with E-state index in [4.69, 9.17) is 0 Å². The van der Waals surface area contributed by atoms with E-state index in [0.717, 1.165) is 15.9 Å². The van der Waals surface area contributed by atoms with E-state index in [1.165, 1.54) is 6.33 Å². The molecule has 2 aromatic heterocycles. The molecule has 1 N–H and O–H groups in total. The lowest BCUT2D eigenvalue weighted by molar-refractivity contribution is 0.174. The van der Waals surface area contributed by atoms with E-state index in [-0.39, 0.29) is 0 Å². The number of hydrogen-bond acceptors (Lipinski definition) is 4. The normalized spacial score (nSPS) is 12.7. The van der Waals surface area contributed by atoms with E-state index in [1.807, 2.05) is 6.07 Å². The first kappa shape index (κ1) is 11.2. The molecule has 0 saturated heterocycles. The van der Waals surface area contributed by atoms with Crippen molar-refractivity contribution in [2.75, 3.05) is 0 Å². The van der Waals surface area contributed by atoms with E-state index in [1.54, 1.807) is 24.1 Å². The third-order valence-corrected chi connectivity index (χ3v) is 2.73. The highest BCUT2D eigenvalue weighted by molar-refractivity contribution is 9.10. The molecule has 2 rings (SSSR count). The summed E-state index contributed by atoms with van der Waals surface area (Å²) >= 11 is 3.32. The summed E-state index contributed by atoms with van der Waals surface area (Å²) in [7, 11) is 1.80. The van der Waals surface area contributed by atoms with Crippen molar-refractivity contribution in [2.24, 2.45) is 7.05 Å². The molecule has 0 bridgehead atoms. The summed E-state index contributed by atoms with van der Waals surface area (Å²) in [5.41, 5.74) is 0.761. The molecule has 1 atom stereocenters. The summed E-state index contributed by atoms with van der Waals surface area (Å²) in [5, 5.41) is 13.9. The minimum atomic E-state index is -0.618. The van der Waals surface area contributed by atoms with Crippen molar-refractivity contribution < 1.29 is 5.11 Å². The third-order valence-electron chi connectivity index (χ3n) is 2.29. The Morgan fingerprint density at radius 3 is 2.94 bits per heavy atom. The van der Waals surface area contributed by atoms with Crippen LogP contribution in [0.2, 0.25) is 0 Å². The number of aryl methyl sites for hydroxylation is 1. The number of aromatic nitrogens is 4. The molecule has 0 aliphatic carbocycles. The first-order valence-electron chi connectivity index (χ1n) is 4.78. The van der Waals surface area contributed by atoms with Crippen molar-refractivity contribution in [3.63, 3.8) is 0 Å². The zero-order valence-electron chi connectivity index (χ0n) is 8.71. The Morgan fingerprint density at radius 1 is 1.50 bits per heavy atom. The first-order valence-corrected chi connectivity index (χ1v) is 5.57. The highest BCUT2D eigenvalue weighted by Gasteiger charge is 2.12. The van der Waals surface area contributed by atoms with Crippen molar-refractivity contribution in [1.29, 1.82) is 0 Å². The second kappa shape index (κ2) is 4.71. The van der Waals surface area contributed by atoms with Crippen molar-refractivity contribution in [3.8, 4) is 0 Å². The average Bonchev–Trinajstić information content (AvgIpc) is 2.64. The van der Waals surface area contributed by atoms with E-state index < -0.39 is 6.10 Å². The van der Waals surface area contributed by atoms with Gasteiger partial charge in [0.2, 0.25) is 0 Å². The third kappa shape index (κ3) is 2.45. The van der Waals surface area contributed by atoms with Crippen LogP contribution in [-0.4, -0.2) is 24.9 Å². The van der Waals surface area contributed by atoms with Crippen LogP contribution >= 0.6 is 15.9 Å². The van der Waals surface area contributed by atoms with Gasteiger partial charge in [-0.2, -0.15) is 5.10 Å². The van der Waals surface area contributed by atoms with Gasteiger partial charge in [-0.3, -0.25) is 9.67 Å². The number of halogens is 1. The quantitative estimate of drug-likeness (QED) is 0.920. The summed E-state index contributed by atoms with van der Waals surface area (Å²) in [6, 6.07) is 1.84. The van der Waals surface area contributed by atoms with Crippen LogP contribution in [0.25, 0.3) is 0 Å². The number of pyridine rings is 1. The molecule has 5 nitrogen and oxygen atoms in total. The fraction of sp³-hybridized carbons (Fsp3) is 0.300. The van der Waals surface area contributed by atoms with Crippen LogP contribution in [0.3, 0.4) is 0 Å². The predicted molar refractivity (Wildman–Crippen MR) is 61.6 cm³/mol. The Bertz CT molecular complexity index is 485. The maximum Gasteiger partial charge on any atom is 0.138 e. The molecule has 2 heterocycles. The standard InChI is InChI=1S/C10H11BrN4O/c1-15-10(13-6-14-15)3-9(16)7-2-8(11)5-12-4-7/h2,4-6,9,16H,3H2,1H3. The molecule has 0 aromatic carbocycles. The molecule has 0 radical (unpaired) electrons. The van der Waals surface area contributed by atoms with Gasteiger partial charge in [-0.05, 0) is 22.0 Å². The van der Waals surface area contributed by atoms with Gasteiger partial charge in [0.25, 0.3) is 0 Å². The minimum absolute atomic E-state index is 0.425. The highest BCUT2D eigenvalue weighted by atomic mass is 79.9. The number of aliphatic hydroxyl groups is 1. The molecule has 2 aromatic rings. The van der Waals surface area contributed by atoms with E-state index in [0.29, 0.717) is 6.42 Å². The second-order valence-electron chi connectivity index (χ2n) is 3.46. The summed E-state index contributed by atoms with van der Waals surface area (Å²) in [5.74, 6) is 0.743. The van der Waals surface area contributed by atoms with E-state index in [9.17, 15) is 5.11 Å². The largest absolute Gasteiger partial charge is 0.388 e. The fourth-order valence-electron chi connectivity index (χ4n) is 1.41. The van der Waals surface area contributed by atoms with Gasteiger partial charge in [-0.15, -0.1) is 0 Å². The molecule has 0 aliphatic rings. The molecule has 0 fully saturated rings. The predicted octanol–water partition coefficient (Wildman–Crippen LogP) is 1.25. The van der Waals surface area contributed by atoms with Gasteiger partial charge < -0.3 is 5.11 Å². The maximum atomic E-state index is 10.00. The number of nitrogens with zero attached hydrogens (tertiary/aromatic N) is 4. The summed E-state index contributed by atoms with van der Waals surface area (Å²) in [4.78, 5) is 8.07. The van der Waals surface area contributed by atoms with Gasteiger partial charge in [0.15, 0.2) is 0 Å². The molecule has 1 unspecified atom stereocenters. The summed E-state index contributed by atoms with van der Waals surface area (Å²) < 4.78 is 2.50. The first-order chi connectivity index (χ1) is 7.66. The number of rotatable bonds is 3. The van der Waals surface area contributed by atoms with Crippen LogP contribution in [0.15, 0.2) is 29.3 Å². The lowest BCUT2D eigenvalue weighted by Gasteiger charge is -2.09. The monoisotopic (exact) mass is 282 g/mol. The van der Waals surface area contributed by atoms with Crippen molar-refractivity contribution >= 4 is 15.9 Å². The number of hydrogen-bond donors (Lipinski definition) is 1. The van der Waals surface area contributed by atoms with Gasteiger partial charge in [0.1, 0.15) is 12.2 Å². The topological polar surface area (TPSA) is 63.8 Å². The molecular formula is C10H11BrN4O. The summed E-state index contributed by atoms with van der Waals surface area (Å²) in [6.07, 6.45) is 4.60. The Kier molecular flexibility index (Phi) is 3.31. The van der Waals surface area contributed by atoms with Crippen LogP contribution in [0, 0.1) is 0 Å². The lowest BCUT2D eigenvalue weighted by atomic mass is 10.1. The maximum absolute atomic E-state index is 10.00. The molecule has 0 amide bonds. The Hall–Kier alpha value is -1.27. The molecule has 0 saturated carbocycles. The minimum Gasteiger partial charge on any atom is -0.388 e. The average molecular weight is 283 g/mol. The van der Waals surface area contributed by atoms with Crippen molar-refractivity contribution in [3.05, 3.63) is 40.6 Å². The van der Waals surface area contributed by atoms with Gasteiger partial charge >= 0.3 is 0 Å². The smallest absolute Gasteiger partial charge is 0.138 e. The zero-order valence-corrected chi connectivity index (χ0v) is 10.3. The van der Waals surface area contributed by atoms with Gasteiger partial charge in [-0.1, -0.05) is 0 Å². The van der Waals surface area contributed by atoms with Gasteiger partial charge in [0.05, 0.1) is 6.10 Å². The van der Waals surface area contributed by atoms with Crippen LogP contribution in [0.5, 0.6) is 0 Å². The summed E-state index contributed by atoms with van der Waals surface area (Å²) in [6.45, 7) is 0. The highest BCUT2D eigenvalue weighted by Crippen LogP contribution is 2.19. The van der Waals surface area contributed by atoms with E-state index >= 15 is 0 Å². The van der Waals surface area contributed by atoms with Crippen LogP contribution in [0.1, 0.15) is 17.5 Å². The fourth-order valence-corrected chi connectivity index (χ4v) is 1.79. The molecular weight excluding hydrogens is 272 g/mol. The molecule has 0 aliphatic heterocycles. The zero-order chi connectivity index (χ0) is 11.5. The van der Waals surface area contributed by atoms with Crippen LogP contribution in [-0.2, 0) is 13.5 Å². The number of aliphatic hydroxyl groups excluding tert-OH is 1. The molecule has 0 spiro atoms. The van der Waals surface area contributed by atoms with Crippen molar-refractivity contribution in [1.82, 2.24) is 19.7 Å². The van der Waals surface area contributed by atoms with Gasteiger partial charge in [0, 0.05) is 35.9 Å². The van der Waals surface area contributed by atoms with Crippen LogP contribution in [0.4, 0.5) is 0 Å². The second-order valence-corrected chi connectivity index (χ2v) is 4.37. The van der Waals surface area contributed by atoms with E-state index in [2.05, 4.69) is 31.0 Å². The van der Waals surface area contributed by atoms with Crippen LogP contribution < -0.4 is 0 Å². The molecule has 84 valence electrons. The Labute approximate surface area is 101 Å². The lowest BCUT2D eigenvalue weighted by Crippen LogP contribution is -2.07. The SMILES string of the molecule is Cn1ncnc1CC(O)c1cncc(Br)c1. The van der Waals surface area contributed by atoms with Crippen molar-refractivity contribution in [2.45, 2.75) is 12.5 Å². The molecule has 16 heavy (non-hydrogen) atoms. The van der Waals surface area contributed by atoms with Gasteiger partial charge in [-0.25, -0.2) is 4.98 Å². The molecule has 6 heteroatoms.